The van der Waals surface area contributed by atoms with Gasteiger partial charge in [0.2, 0.25) is 5.91 Å². The van der Waals surface area contributed by atoms with Gasteiger partial charge in [0.05, 0.1) is 11.8 Å². The molecule has 0 aliphatic heterocycles. The second-order valence-corrected chi connectivity index (χ2v) is 6.03. The number of carboxylic acids is 1. The number of para-hydroxylation sites is 1. The second kappa shape index (κ2) is 5.63. The molecule has 1 amide bonds. The Morgan fingerprint density at radius 1 is 1.20 bits per heavy atom. The Morgan fingerprint density at radius 2 is 1.75 bits per heavy atom. The summed E-state index contributed by atoms with van der Waals surface area (Å²) in [5, 5.41) is 11.7. The molecule has 0 radical (unpaired) electrons. The Balaban J connectivity index is 3.00. The average Bonchev–Trinajstić information content (AvgIpc) is 2.29. The van der Waals surface area contributed by atoms with Gasteiger partial charge in [-0.05, 0) is 39.3 Å². The van der Waals surface area contributed by atoms with Gasteiger partial charge in [-0.25, -0.2) is 0 Å². The van der Waals surface area contributed by atoms with E-state index in [4.69, 9.17) is 10.8 Å². The minimum absolute atomic E-state index is 0.136. The van der Waals surface area contributed by atoms with Crippen LogP contribution in [0.1, 0.15) is 33.3 Å². The van der Waals surface area contributed by atoms with Crippen LogP contribution in [0.5, 0.6) is 0 Å². The van der Waals surface area contributed by atoms with Crippen molar-refractivity contribution in [1.82, 2.24) is 0 Å². The van der Waals surface area contributed by atoms with Crippen molar-refractivity contribution in [3.05, 3.63) is 29.8 Å². The Kier molecular flexibility index (Phi) is 4.55. The minimum atomic E-state index is -0.940. The molecule has 0 unspecified atom stereocenters. The second-order valence-electron chi connectivity index (χ2n) is 6.03. The Hall–Kier alpha value is -1.88. The smallest absolute Gasteiger partial charge is 0.307 e. The lowest BCUT2D eigenvalue weighted by Gasteiger charge is -2.37. The van der Waals surface area contributed by atoms with Gasteiger partial charge in [0.15, 0.2) is 0 Å². The normalized spacial score (nSPS) is 12.1. The Labute approximate surface area is 119 Å². The van der Waals surface area contributed by atoms with E-state index in [1.165, 1.54) is 0 Å². The first-order valence-electron chi connectivity index (χ1n) is 6.45. The average molecular weight is 278 g/mol. The number of nitrogens with one attached hydrogen (secondary N) is 1. The summed E-state index contributed by atoms with van der Waals surface area (Å²) in [6.07, 6.45) is -0.136. The third-order valence-corrected chi connectivity index (χ3v) is 3.79. The first-order chi connectivity index (χ1) is 9.05. The van der Waals surface area contributed by atoms with Crippen molar-refractivity contribution in [2.45, 2.75) is 39.7 Å². The fraction of sp³-hybridized carbons (Fsp3) is 0.467. The largest absolute Gasteiger partial charge is 0.481 e. The molecule has 1 aromatic carbocycles. The monoisotopic (exact) mass is 278 g/mol. The number of carboxylic acid groups (broad SMARTS) is 1. The van der Waals surface area contributed by atoms with Gasteiger partial charge in [0.1, 0.15) is 0 Å². The van der Waals surface area contributed by atoms with Crippen molar-refractivity contribution in [2.24, 2.45) is 11.1 Å². The van der Waals surface area contributed by atoms with Crippen LogP contribution in [-0.4, -0.2) is 22.5 Å². The predicted molar refractivity (Wildman–Crippen MR) is 78.5 cm³/mol. The molecule has 0 aliphatic carbocycles. The molecule has 1 rings (SSSR count). The highest BCUT2D eigenvalue weighted by Gasteiger charge is 2.40. The molecule has 0 spiro atoms. The highest BCUT2D eigenvalue weighted by atomic mass is 16.4. The van der Waals surface area contributed by atoms with Crippen molar-refractivity contribution < 1.29 is 14.7 Å². The van der Waals surface area contributed by atoms with Gasteiger partial charge in [-0.3, -0.25) is 9.59 Å². The van der Waals surface area contributed by atoms with Crippen molar-refractivity contribution in [3.63, 3.8) is 0 Å². The molecule has 0 fully saturated rings. The fourth-order valence-corrected chi connectivity index (χ4v) is 1.53. The van der Waals surface area contributed by atoms with Gasteiger partial charge in [0.25, 0.3) is 0 Å². The first kappa shape index (κ1) is 16.2. The molecule has 0 aromatic heterocycles. The van der Waals surface area contributed by atoms with Crippen molar-refractivity contribution in [1.29, 1.82) is 0 Å². The maximum Gasteiger partial charge on any atom is 0.307 e. The number of benzene rings is 1. The quantitative estimate of drug-likeness (QED) is 0.768. The Bertz CT molecular complexity index is 516. The zero-order valence-corrected chi connectivity index (χ0v) is 12.4. The van der Waals surface area contributed by atoms with E-state index in [0.29, 0.717) is 11.3 Å². The summed E-state index contributed by atoms with van der Waals surface area (Å²) >= 11 is 0. The summed E-state index contributed by atoms with van der Waals surface area (Å²) in [5.41, 5.74) is 5.63. The zero-order valence-electron chi connectivity index (χ0n) is 12.4. The van der Waals surface area contributed by atoms with Crippen molar-refractivity contribution in [3.8, 4) is 0 Å². The van der Waals surface area contributed by atoms with E-state index in [1.54, 1.807) is 52.0 Å². The molecule has 1 aromatic rings. The van der Waals surface area contributed by atoms with Crippen LogP contribution < -0.4 is 11.1 Å². The van der Waals surface area contributed by atoms with E-state index in [-0.39, 0.29) is 12.3 Å². The lowest BCUT2D eigenvalue weighted by molar-refractivity contribution is -0.136. The van der Waals surface area contributed by atoms with Crippen molar-refractivity contribution >= 4 is 17.6 Å². The number of hydrogen-bond donors (Lipinski definition) is 3. The fourth-order valence-electron chi connectivity index (χ4n) is 1.53. The van der Waals surface area contributed by atoms with Crippen LogP contribution in [0.25, 0.3) is 0 Å². The van der Waals surface area contributed by atoms with E-state index >= 15 is 0 Å². The van der Waals surface area contributed by atoms with Crippen LogP contribution >= 0.6 is 0 Å². The zero-order chi connectivity index (χ0) is 15.6. The van der Waals surface area contributed by atoms with E-state index in [9.17, 15) is 9.59 Å². The van der Waals surface area contributed by atoms with E-state index in [2.05, 4.69) is 5.32 Å². The molecule has 0 saturated heterocycles. The SMILES string of the molecule is CC(C)(N)C(C)(C)C(=O)Nc1ccccc1CC(=O)O. The maximum absolute atomic E-state index is 12.4. The summed E-state index contributed by atoms with van der Waals surface area (Å²) < 4.78 is 0. The van der Waals surface area contributed by atoms with Crippen LogP contribution in [0.3, 0.4) is 0 Å². The van der Waals surface area contributed by atoms with Gasteiger partial charge in [-0.15, -0.1) is 0 Å². The van der Waals surface area contributed by atoms with E-state index in [1.807, 2.05) is 0 Å². The summed E-state index contributed by atoms with van der Waals surface area (Å²) in [7, 11) is 0. The first-order valence-corrected chi connectivity index (χ1v) is 6.45. The van der Waals surface area contributed by atoms with Gasteiger partial charge < -0.3 is 16.2 Å². The van der Waals surface area contributed by atoms with Gasteiger partial charge in [0, 0.05) is 11.2 Å². The molecule has 0 saturated carbocycles. The predicted octanol–water partition coefficient (Wildman–Crippen LogP) is 2.02. The van der Waals surface area contributed by atoms with Crippen LogP contribution in [0, 0.1) is 5.41 Å². The molecule has 0 aliphatic rings. The molecule has 5 heteroatoms. The van der Waals surface area contributed by atoms with Crippen LogP contribution in [-0.2, 0) is 16.0 Å². The summed E-state index contributed by atoms with van der Waals surface area (Å²) in [5.74, 6) is -1.17. The summed E-state index contributed by atoms with van der Waals surface area (Å²) in [6, 6.07) is 6.87. The number of hydrogen-bond acceptors (Lipinski definition) is 3. The number of carbonyl (C=O) groups is 2. The summed E-state index contributed by atoms with van der Waals surface area (Å²) in [6.45, 7) is 7.11. The van der Waals surface area contributed by atoms with E-state index in [0.717, 1.165) is 0 Å². The number of carbonyl (C=O) groups excluding carboxylic acids is 1. The highest BCUT2D eigenvalue weighted by Crippen LogP contribution is 2.30. The number of nitrogens with two attached hydrogens (primary N) is 1. The number of amides is 1. The van der Waals surface area contributed by atoms with E-state index < -0.39 is 16.9 Å². The van der Waals surface area contributed by atoms with Gasteiger partial charge in [-0.2, -0.15) is 0 Å². The lowest BCUT2D eigenvalue weighted by Crippen LogP contribution is -2.53. The number of rotatable bonds is 5. The topological polar surface area (TPSA) is 92.4 Å². The van der Waals surface area contributed by atoms with Crippen LogP contribution in [0.2, 0.25) is 0 Å². The Morgan fingerprint density at radius 3 is 2.25 bits per heavy atom. The molecule has 0 heterocycles. The van der Waals surface area contributed by atoms with Crippen LogP contribution in [0.4, 0.5) is 5.69 Å². The minimum Gasteiger partial charge on any atom is -0.481 e. The highest BCUT2D eigenvalue weighted by molar-refractivity contribution is 5.96. The molecule has 4 N–H and O–H groups in total. The number of aliphatic carboxylic acids is 1. The third-order valence-electron chi connectivity index (χ3n) is 3.79. The molecular formula is C15H22N2O3. The standard InChI is InChI=1S/C15H22N2O3/c1-14(2,15(3,4)16)13(20)17-11-8-6-5-7-10(11)9-12(18)19/h5-8H,9,16H2,1-4H3,(H,17,20)(H,18,19). The summed E-state index contributed by atoms with van der Waals surface area (Å²) in [4.78, 5) is 23.2. The lowest BCUT2D eigenvalue weighted by atomic mass is 9.74. The molecule has 5 nitrogen and oxygen atoms in total. The molecule has 110 valence electrons. The van der Waals surface area contributed by atoms with Gasteiger partial charge >= 0.3 is 5.97 Å². The molecule has 0 bridgehead atoms. The maximum atomic E-state index is 12.4. The van der Waals surface area contributed by atoms with Crippen molar-refractivity contribution in [2.75, 3.05) is 5.32 Å². The molecule has 0 atom stereocenters. The molecule has 20 heavy (non-hydrogen) atoms. The van der Waals surface area contributed by atoms with Crippen LogP contribution in [0.15, 0.2) is 24.3 Å². The number of anilines is 1. The van der Waals surface area contributed by atoms with Gasteiger partial charge in [-0.1, -0.05) is 18.2 Å². The molecular weight excluding hydrogens is 256 g/mol. The third kappa shape index (κ3) is 3.57.